The molecular weight excluding hydrogens is 545 g/mol. The summed E-state index contributed by atoms with van der Waals surface area (Å²) < 4.78 is 7.31. The zero-order valence-electron chi connectivity index (χ0n) is 23.2. The Balaban J connectivity index is 1.29. The molecule has 0 radical (unpaired) electrons. The molecule has 1 aliphatic carbocycles. The first kappa shape index (κ1) is 23.3. The van der Waals surface area contributed by atoms with Crippen LogP contribution >= 0.6 is 11.3 Å². The Labute approximate surface area is 250 Å². The van der Waals surface area contributed by atoms with Gasteiger partial charge < -0.3 is 0 Å². The number of benzene rings is 5. The minimum absolute atomic E-state index is 0.890. The van der Waals surface area contributed by atoms with E-state index in [4.69, 9.17) is 9.97 Å². The first-order chi connectivity index (χ1) is 21.3. The lowest BCUT2D eigenvalue weighted by Gasteiger charge is -2.15. The van der Waals surface area contributed by atoms with Crippen molar-refractivity contribution in [3.05, 3.63) is 127 Å². The van der Waals surface area contributed by atoms with Gasteiger partial charge in [0.2, 0.25) is 5.95 Å². The van der Waals surface area contributed by atoms with E-state index in [1.165, 1.54) is 47.8 Å². The molecule has 5 heteroatoms. The second-order valence-corrected chi connectivity index (χ2v) is 12.5. The monoisotopic (exact) mass is 568 g/mol. The molecule has 9 aromatic rings. The molecule has 0 fully saturated rings. The third-order valence-corrected chi connectivity index (χ3v) is 10.1. The van der Waals surface area contributed by atoms with Crippen LogP contribution in [0.3, 0.4) is 0 Å². The van der Waals surface area contributed by atoms with E-state index in [-0.39, 0.29) is 0 Å². The molecule has 0 saturated heterocycles. The maximum Gasteiger partial charge on any atom is 0.221 e. The number of aromatic nitrogens is 4. The second-order valence-electron chi connectivity index (χ2n) is 11.4. The molecule has 0 bridgehead atoms. The highest BCUT2D eigenvalue weighted by Gasteiger charge is 2.23. The van der Waals surface area contributed by atoms with Gasteiger partial charge in [-0.3, -0.25) is 8.97 Å². The van der Waals surface area contributed by atoms with E-state index in [0.717, 1.165) is 52.1 Å². The van der Waals surface area contributed by atoms with E-state index in [9.17, 15) is 0 Å². The van der Waals surface area contributed by atoms with Crippen LogP contribution in [0.15, 0.2) is 115 Å². The first-order valence-corrected chi connectivity index (χ1v) is 15.6. The maximum atomic E-state index is 5.36. The van der Waals surface area contributed by atoms with Gasteiger partial charge in [-0.25, -0.2) is 9.97 Å². The van der Waals surface area contributed by atoms with Gasteiger partial charge in [0.25, 0.3) is 0 Å². The number of aryl methyl sites for hydroxylation is 1. The summed E-state index contributed by atoms with van der Waals surface area (Å²) in [6.07, 6.45) is 6.34. The van der Waals surface area contributed by atoms with Crippen LogP contribution in [0.1, 0.15) is 17.8 Å². The van der Waals surface area contributed by atoms with Crippen molar-refractivity contribution in [3.63, 3.8) is 0 Å². The molecule has 0 aliphatic heterocycles. The maximum absolute atomic E-state index is 5.36. The van der Waals surface area contributed by atoms with E-state index in [2.05, 4.69) is 130 Å². The molecule has 0 amide bonds. The lowest BCUT2D eigenvalue weighted by atomic mass is 10.0. The lowest BCUT2D eigenvalue weighted by molar-refractivity contribution is 0.864. The Morgan fingerprint density at radius 2 is 1.33 bits per heavy atom. The van der Waals surface area contributed by atoms with Crippen molar-refractivity contribution < 1.29 is 0 Å². The van der Waals surface area contributed by atoms with Crippen molar-refractivity contribution in [3.8, 4) is 17.1 Å². The molecule has 0 saturated carbocycles. The number of hydrogen-bond acceptors (Lipinski definition) is 3. The molecule has 202 valence electrons. The number of imidazole rings is 1. The van der Waals surface area contributed by atoms with Gasteiger partial charge in [0.1, 0.15) is 5.65 Å². The van der Waals surface area contributed by atoms with Crippen molar-refractivity contribution in [1.29, 1.82) is 0 Å². The van der Waals surface area contributed by atoms with E-state index < -0.39 is 0 Å². The van der Waals surface area contributed by atoms with Crippen LogP contribution in [0.4, 0.5) is 0 Å². The summed E-state index contributed by atoms with van der Waals surface area (Å²) in [5.41, 5.74) is 8.90. The molecule has 1 aliphatic rings. The van der Waals surface area contributed by atoms with Crippen LogP contribution in [-0.4, -0.2) is 18.9 Å². The highest BCUT2D eigenvalue weighted by atomic mass is 32.1. The number of hydrogen-bond donors (Lipinski definition) is 0. The number of para-hydroxylation sites is 2. The first-order valence-electron chi connectivity index (χ1n) is 14.7. The molecule has 4 heterocycles. The standard InChI is InChI=1S/C38H24N4S/c1-4-12-30-29(11-1)37-39-31-13-5-7-15-33(31)42(37)38(40-30)41-32-14-6-2-9-25(32)26-19-17-23(21-34(26)41)24-18-20-28-27-10-3-8-16-35(27)43-36(28)22-24/h1-6,8-14,16-22H,7,15H2. The summed E-state index contributed by atoms with van der Waals surface area (Å²) in [7, 11) is 0. The van der Waals surface area contributed by atoms with Crippen molar-refractivity contribution in [2.45, 2.75) is 12.8 Å². The van der Waals surface area contributed by atoms with Crippen molar-refractivity contribution in [1.82, 2.24) is 18.9 Å². The third-order valence-electron chi connectivity index (χ3n) is 8.98. The average molecular weight is 569 g/mol. The number of thiophene rings is 1. The van der Waals surface area contributed by atoms with E-state index in [1.54, 1.807) is 0 Å². The van der Waals surface area contributed by atoms with E-state index in [1.807, 2.05) is 11.3 Å². The minimum atomic E-state index is 0.890. The largest absolute Gasteiger partial charge is 0.279 e. The molecule has 0 unspecified atom stereocenters. The van der Waals surface area contributed by atoms with Crippen molar-refractivity contribution >= 4 is 75.9 Å². The summed E-state index contributed by atoms with van der Waals surface area (Å²) >= 11 is 1.86. The molecule has 5 aromatic carbocycles. The van der Waals surface area contributed by atoms with Crippen molar-refractivity contribution in [2.24, 2.45) is 0 Å². The number of rotatable bonds is 2. The van der Waals surface area contributed by atoms with Gasteiger partial charge in [0.15, 0.2) is 0 Å². The fourth-order valence-electron chi connectivity index (χ4n) is 6.99. The molecule has 0 N–H and O–H groups in total. The van der Waals surface area contributed by atoms with E-state index in [0.29, 0.717) is 0 Å². The van der Waals surface area contributed by atoms with Crippen LogP contribution in [0.2, 0.25) is 0 Å². The Morgan fingerprint density at radius 3 is 2.26 bits per heavy atom. The molecule has 0 atom stereocenters. The van der Waals surface area contributed by atoms with E-state index >= 15 is 0 Å². The summed E-state index contributed by atoms with van der Waals surface area (Å²) in [5.74, 6) is 0.890. The number of allylic oxidation sites excluding steroid dienone is 1. The second kappa shape index (κ2) is 8.63. The van der Waals surface area contributed by atoms with Crippen LogP contribution < -0.4 is 0 Å². The van der Waals surface area contributed by atoms with Crippen LogP contribution in [0.25, 0.3) is 81.7 Å². The SMILES string of the molecule is C1=Cc2nc3c4ccccc4nc(-n4c5ccccc5c5ccc(-c6ccc7c(c6)sc6ccccc67)cc54)n3c2CC1. The molecule has 43 heavy (non-hydrogen) atoms. The molecule has 4 nitrogen and oxygen atoms in total. The van der Waals surface area contributed by atoms with Gasteiger partial charge in [-0.1, -0.05) is 78.9 Å². The summed E-state index contributed by atoms with van der Waals surface area (Å²) in [5, 5.41) is 6.17. The predicted molar refractivity (Wildman–Crippen MR) is 181 cm³/mol. The molecule has 10 rings (SSSR count). The van der Waals surface area contributed by atoms with Gasteiger partial charge >= 0.3 is 0 Å². The zero-order valence-corrected chi connectivity index (χ0v) is 24.0. The van der Waals surface area contributed by atoms with Crippen LogP contribution in [0, 0.1) is 0 Å². The molecule has 4 aromatic heterocycles. The zero-order chi connectivity index (χ0) is 28.1. The quantitative estimate of drug-likeness (QED) is 0.208. The highest BCUT2D eigenvalue weighted by Crippen LogP contribution is 2.39. The summed E-state index contributed by atoms with van der Waals surface area (Å²) in [4.78, 5) is 10.5. The lowest BCUT2D eigenvalue weighted by Crippen LogP contribution is -2.09. The van der Waals surface area contributed by atoms with Gasteiger partial charge in [0, 0.05) is 36.3 Å². The molecule has 0 spiro atoms. The Morgan fingerprint density at radius 1 is 0.605 bits per heavy atom. The summed E-state index contributed by atoms with van der Waals surface area (Å²) in [6.45, 7) is 0. The Kier molecular flexibility index (Phi) is 4.68. The van der Waals surface area contributed by atoms with Gasteiger partial charge in [-0.05, 0) is 66.4 Å². The normalized spacial score (nSPS) is 13.3. The Hall–Kier alpha value is -5.26. The fourth-order valence-corrected chi connectivity index (χ4v) is 8.14. The van der Waals surface area contributed by atoms with Crippen LogP contribution in [-0.2, 0) is 6.42 Å². The third kappa shape index (κ3) is 3.25. The minimum Gasteiger partial charge on any atom is -0.279 e. The fraction of sp³-hybridized carbons (Fsp3) is 0.0526. The number of fused-ring (bicyclic) bond motifs is 11. The number of nitrogens with zero attached hydrogens (tertiary/aromatic N) is 4. The average Bonchev–Trinajstić information content (AvgIpc) is 3.73. The smallest absolute Gasteiger partial charge is 0.221 e. The van der Waals surface area contributed by atoms with Gasteiger partial charge in [0.05, 0.1) is 27.9 Å². The Bertz CT molecular complexity index is 2630. The van der Waals surface area contributed by atoms with Crippen molar-refractivity contribution in [2.75, 3.05) is 0 Å². The molecular formula is C38H24N4S. The summed E-state index contributed by atoms with van der Waals surface area (Å²) in [6, 6.07) is 39.5. The van der Waals surface area contributed by atoms with Gasteiger partial charge in [-0.2, -0.15) is 0 Å². The van der Waals surface area contributed by atoms with Crippen LogP contribution in [0.5, 0.6) is 0 Å². The highest BCUT2D eigenvalue weighted by molar-refractivity contribution is 7.25. The van der Waals surface area contributed by atoms with Gasteiger partial charge in [-0.15, -0.1) is 11.3 Å². The predicted octanol–water partition coefficient (Wildman–Crippen LogP) is 9.97. The topological polar surface area (TPSA) is 35.1 Å².